The van der Waals surface area contributed by atoms with E-state index in [0.29, 0.717) is 0 Å². The molecule has 2 rings (SSSR count). The molecule has 0 fully saturated rings. The quantitative estimate of drug-likeness (QED) is 0.868. The number of ether oxygens (including phenoxy) is 2. The second-order valence-electron chi connectivity index (χ2n) is 4.59. The maximum Gasteiger partial charge on any atom is 0.164 e. The molecule has 4 heteroatoms. The highest BCUT2D eigenvalue weighted by atomic mass is 79.9. The Labute approximate surface area is 117 Å². The fourth-order valence-electron chi connectivity index (χ4n) is 2.22. The van der Waals surface area contributed by atoms with Gasteiger partial charge in [0, 0.05) is 10.9 Å². The van der Waals surface area contributed by atoms with Crippen LogP contribution >= 0.6 is 15.9 Å². The summed E-state index contributed by atoms with van der Waals surface area (Å²) in [6.07, 6.45) is 4.13. The average Bonchev–Trinajstić information content (AvgIpc) is 2.59. The Bertz CT molecular complexity index is 421. The molecule has 0 unspecified atom stereocenters. The Kier molecular flexibility index (Phi) is 4.89. The van der Waals surface area contributed by atoms with E-state index in [1.54, 1.807) is 0 Å². The summed E-state index contributed by atoms with van der Waals surface area (Å²) < 4.78 is 12.6. The third-order valence-electron chi connectivity index (χ3n) is 3.24. The first-order valence-electron chi connectivity index (χ1n) is 6.51. The van der Waals surface area contributed by atoms with Gasteiger partial charge in [0.05, 0.1) is 13.2 Å². The predicted molar refractivity (Wildman–Crippen MR) is 76.5 cm³/mol. The van der Waals surface area contributed by atoms with Crippen LogP contribution in [0.25, 0.3) is 0 Å². The topological polar surface area (TPSA) is 44.5 Å². The van der Waals surface area contributed by atoms with Crippen molar-refractivity contribution in [1.82, 2.24) is 0 Å². The van der Waals surface area contributed by atoms with Gasteiger partial charge in [-0.15, -0.1) is 0 Å². The summed E-state index contributed by atoms with van der Waals surface area (Å²) in [6, 6.07) is 2.03. The smallest absolute Gasteiger partial charge is 0.164 e. The Morgan fingerprint density at radius 1 is 1.28 bits per heavy atom. The van der Waals surface area contributed by atoms with Gasteiger partial charge >= 0.3 is 0 Å². The second kappa shape index (κ2) is 6.43. The van der Waals surface area contributed by atoms with Gasteiger partial charge in [-0.2, -0.15) is 0 Å². The van der Waals surface area contributed by atoms with Gasteiger partial charge in [-0.05, 0) is 49.9 Å². The van der Waals surface area contributed by atoms with Crippen LogP contribution in [0.15, 0.2) is 10.5 Å². The van der Waals surface area contributed by atoms with Crippen LogP contribution in [-0.4, -0.2) is 19.8 Å². The number of rotatable bonds is 4. The van der Waals surface area contributed by atoms with Crippen molar-refractivity contribution in [3.63, 3.8) is 0 Å². The van der Waals surface area contributed by atoms with Gasteiger partial charge in [0.1, 0.15) is 0 Å². The number of hydrogen-bond donors (Lipinski definition) is 1. The first-order chi connectivity index (χ1) is 8.74. The van der Waals surface area contributed by atoms with Gasteiger partial charge in [0.2, 0.25) is 0 Å². The van der Waals surface area contributed by atoms with Crippen LogP contribution in [0, 0.1) is 6.92 Å². The minimum atomic E-state index is 0.728. The summed E-state index contributed by atoms with van der Waals surface area (Å²) in [5.41, 5.74) is 8.05. The number of nitrogens with two attached hydrogens (primary N) is 1. The highest BCUT2D eigenvalue weighted by Crippen LogP contribution is 2.39. The van der Waals surface area contributed by atoms with Crippen molar-refractivity contribution in [2.75, 3.05) is 19.8 Å². The molecule has 0 aliphatic carbocycles. The monoisotopic (exact) mass is 313 g/mol. The van der Waals surface area contributed by atoms with Crippen molar-refractivity contribution >= 4 is 15.9 Å². The molecule has 1 heterocycles. The molecule has 0 spiro atoms. The van der Waals surface area contributed by atoms with E-state index >= 15 is 0 Å². The average molecular weight is 314 g/mol. The minimum absolute atomic E-state index is 0.728. The third-order valence-corrected chi connectivity index (χ3v) is 3.94. The van der Waals surface area contributed by atoms with Crippen molar-refractivity contribution in [2.24, 2.45) is 5.73 Å². The lowest BCUT2D eigenvalue weighted by Crippen LogP contribution is -2.02. The molecule has 0 aromatic heterocycles. The zero-order chi connectivity index (χ0) is 13.0. The van der Waals surface area contributed by atoms with Crippen LogP contribution in [0.2, 0.25) is 0 Å². The lowest BCUT2D eigenvalue weighted by molar-refractivity contribution is 0.296. The van der Waals surface area contributed by atoms with Crippen LogP contribution in [0.4, 0.5) is 0 Å². The fourth-order valence-corrected chi connectivity index (χ4v) is 2.93. The molecule has 0 amide bonds. The summed E-state index contributed by atoms with van der Waals surface area (Å²) in [6.45, 7) is 4.32. The molecule has 0 atom stereocenters. The molecule has 0 radical (unpaired) electrons. The van der Waals surface area contributed by atoms with Crippen LogP contribution in [-0.2, 0) is 6.42 Å². The van der Waals surface area contributed by atoms with Crippen molar-refractivity contribution in [2.45, 2.75) is 32.6 Å². The summed E-state index contributed by atoms with van der Waals surface area (Å²) >= 11 is 3.64. The maximum absolute atomic E-state index is 5.81. The number of benzene rings is 1. The zero-order valence-corrected chi connectivity index (χ0v) is 12.4. The molecule has 3 nitrogen and oxygen atoms in total. The number of unbranched alkanes of at least 4 members (excludes halogenated alkanes) is 1. The lowest BCUT2D eigenvalue weighted by atomic mass is 10.0. The largest absolute Gasteiger partial charge is 0.490 e. The third kappa shape index (κ3) is 2.98. The molecular formula is C14H20BrNO2. The molecule has 0 saturated carbocycles. The Balaban J connectivity index is 2.27. The van der Waals surface area contributed by atoms with Crippen molar-refractivity contribution < 1.29 is 9.47 Å². The van der Waals surface area contributed by atoms with Crippen LogP contribution in [0.3, 0.4) is 0 Å². The van der Waals surface area contributed by atoms with Crippen LogP contribution in [0.5, 0.6) is 11.5 Å². The molecule has 1 aliphatic heterocycles. The number of fused-ring (bicyclic) bond motifs is 1. The van der Waals surface area contributed by atoms with E-state index in [4.69, 9.17) is 15.2 Å². The van der Waals surface area contributed by atoms with E-state index in [1.807, 2.05) is 6.07 Å². The van der Waals surface area contributed by atoms with E-state index in [-0.39, 0.29) is 0 Å². The molecule has 2 N–H and O–H groups in total. The molecule has 100 valence electrons. The summed E-state index contributed by atoms with van der Waals surface area (Å²) in [5, 5.41) is 0. The molecule has 0 saturated heterocycles. The van der Waals surface area contributed by atoms with Crippen molar-refractivity contribution in [1.29, 1.82) is 0 Å². The number of halogens is 1. The molecular weight excluding hydrogens is 294 g/mol. The first kappa shape index (κ1) is 13.7. The Morgan fingerprint density at radius 3 is 2.83 bits per heavy atom. The Hall–Kier alpha value is -0.740. The van der Waals surface area contributed by atoms with E-state index < -0.39 is 0 Å². The molecule has 1 aromatic carbocycles. The summed E-state index contributed by atoms with van der Waals surface area (Å²) in [4.78, 5) is 0. The normalized spacial score (nSPS) is 14.4. The van der Waals surface area contributed by atoms with Crippen LogP contribution < -0.4 is 15.2 Å². The van der Waals surface area contributed by atoms with E-state index in [9.17, 15) is 0 Å². The highest BCUT2D eigenvalue weighted by Gasteiger charge is 2.18. The van der Waals surface area contributed by atoms with Gasteiger partial charge < -0.3 is 15.2 Å². The maximum atomic E-state index is 5.81. The lowest BCUT2D eigenvalue weighted by Gasteiger charge is -2.16. The second-order valence-corrected chi connectivity index (χ2v) is 5.44. The SMILES string of the molecule is Cc1c(CCCCN)c(Br)cc2c1OCCCO2. The van der Waals surface area contributed by atoms with E-state index in [2.05, 4.69) is 22.9 Å². The van der Waals surface area contributed by atoms with Gasteiger partial charge in [0.15, 0.2) is 11.5 Å². The van der Waals surface area contributed by atoms with Gasteiger partial charge in [-0.25, -0.2) is 0 Å². The van der Waals surface area contributed by atoms with Crippen LogP contribution in [0.1, 0.15) is 30.4 Å². The van der Waals surface area contributed by atoms with Gasteiger partial charge in [-0.3, -0.25) is 0 Å². The summed E-state index contributed by atoms with van der Waals surface area (Å²) in [7, 11) is 0. The van der Waals surface area contributed by atoms with Gasteiger partial charge in [0.25, 0.3) is 0 Å². The fraction of sp³-hybridized carbons (Fsp3) is 0.571. The standard InChI is InChI=1S/C14H20BrNO2/c1-10-11(5-2-3-6-16)12(15)9-13-14(10)18-8-4-7-17-13/h9H,2-8,16H2,1H3. The molecule has 18 heavy (non-hydrogen) atoms. The molecule has 1 aliphatic rings. The zero-order valence-electron chi connectivity index (χ0n) is 10.8. The first-order valence-corrected chi connectivity index (χ1v) is 7.31. The van der Waals surface area contributed by atoms with Gasteiger partial charge in [-0.1, -0.05) is 15.9 Å². The minimum Gasteiger partial charge on any atom is -0.490 e. The van der Waals surface area contributed by atoms with E-state index in [1.165, 1.54) is 11.1 Å². The Morgan fingerprint density at radius 2 is 2.06 bits per heavy atom. The highest BCUT2D eigenvalue weighted by molar-refractivity contribution is 9.10. The molecule has 1 aromatic rings. The summed E-state index contributed by atoms with van der Waals surface area (Å²) in [5.74, 6) is 1.78. The van der Waals surface area contributed by atoms with Crippen molar-refractivity contribution in [3.8, 4) is 11.5 Å². The number of hydrogen-bond acceptors (Lipinski definition) is 3. The van der Waals surface area contributed by atoms with E-state index in [0.717, 1.165) is 61.4 Å². The predicted octanol–water partition coefficient (Wildman–Crippen LogP) is 3.20. The van der Waals surface area contributed by atoms with Crippen molar-refractivity contribution in [3.05, 3.63) is 21.7 Å². The molecule has 0 bridgehead atoms.